The molecule has 0 aromatic carbocycles. The number of nitrogens with two attached hydrogens (primary N) is 1. The summed E-state index contributed by atoms with van der Waals surface area (Å²) in [5.74, 6) is -0.363. The average molecular weight is 209 g/mol. The van der Waals surface area contributed by atoms with Crippen LogP contribution in [0.5, 0.6) is 0 Å². The van der Waals surface area contributed by atoms with Crippen LogP contribution in [0.4, 0.5) is 5.95 Å². The van der Waals surface area contributed by atoms with E-state index in [0.717, 1.165) is 11.3 Å². The molecule has 0 atom stereocenters. The molecule has 3 N–H and O–H groups in total. The molecule has 0 radical (unpaired) electrons. The van der Waals surface area contributed by atoms with E-state index in [4.69, 9.17) is 10.8 Å². The highest BCUT2D eigenvalue weighted by molar-refractivity contribution is 5.67. The molecule has 0 saturated carbocycles. The average Bonchev–Trinajstić information content (AvgIpc) is 2.15. The van der Waals surface area contributed by atoms with Gasteiger partial charge in [0, 0.05) is 12.6 Å². The molecule has 0 bridgehead atoms. The Kier molecular flexibility index (Phi) is 3.60. The Morgan fingerprint density at radius 2 is 2.27 bits per heavy atom. The monoisotopic (exact) mass is 209 g/mol. The van der Waals surface area contributed by atoms with Crippen LogP contribution in [-0.2, 0) is 11.2 Å². The van der Waals surface area contributed by atoms with Gasteiger partial charge in [-0.25, -0.2) is 9.97 Å². The summed E-state index contributed by atoms with van der Waals surface area (Å²) >= 11 is 0. The second-order valence-electron chi connectivity index (χ2n) is 3.69. The van der Waals surface area contributed by atoms with E-state index in [-0.39, 0.29) is 18.3 Å². The standard InChI is InChI=1S/C10H15N3O2/c1-6(2)9-7(3-4-8(14)15)5-12-10(11)13-9/h5-6H,3-4H2,1-2H3,(H,14,15)(H2,11,12,13). The fraction of sp³-hybridized carbons (Fsp3) is 0.500. The van der Waals surface area contributed by atoms with Crippen molar-refractivity contribution in [1.82, 2.24) is 9.97 Å². The van der Waals surface area contributed by atoms with Gasteiger partial charge < -0.3 is 10.8 Å². The van der Waals surface area contributed by atoms with Gasteiger partial charge in [-0.1, -0.05) is 13.8 Å². The van der Waals surface area contributed by atoms with Gasteiger partial charge >= 0.3 is 5.97 Å². The highest BCUT2D eigenvalue weighted by atomic mass is 16.4. The molecule has 1 heterocycles. The summed E-state index contributed by atoms with van der Waals surface area (Å²) in [5.41, 5.74) is 7.18. The first-order valence-corrected chi connectivity index (χ1v) is 4.83. The van der Waals surface area contributed by atoms with Crippen LogP contribution in [0.2, 0.25) is 0 Å². The molecule has 0 saturated heterocycles. The molecular weight excluding hydrogens is 194 g/mol. The maximum absolute atomic E-state index is 10.5. The van der Waals surface area contributed by atoms with Crippen LogP contribution < -0.4 is 5.73 Å². The summed E-state index contributed by atoms with van der Waals surface area (Å²) < 4.78 is 0. The van der Waals surface area contributed by atoms with Gasteiger partial charge in [-0.2, -0.15) is 0 Å². The van der Waals surface area contributed by atoms with E-state index in [9.17, 15) is 4.79 Å². The minimum atomic E-state index is -0.818. The SMILES string of the molecule is CC(C)c1nc(N)ncc1CCC(=O)O. The number of aliphatic carboxylic acids is 1. The lowest BCUT2D eigenvalue weighted by Gasteiger charge is -2.10. The molecule has 0 fully saturated rings. The third-order valence-corrected chi connectivity index (χ3v) is 2.07. The fourth-order valence-corrected chi connectivity index (χ4v) is 1.37. The van der Waals surface area contributed by atoms with Crippen molar-refractivity contribution in [2.24, 2.45) is 0 Å². The zero-order valence-electron chi connectivity index (χ0n) is 8.90. The Balaban J connectivity index is 2.90. The third-order valence-electron chi connectivity index (χ3n) is 2.07. The molecule has 0 aliphatic carbocycles. The second-order valence-corrected chi connectivity index (χ2v) is 3.69. The van der Waals surface area contributed by atoms with Crippen molar-refractivity contribution >= 4 is 11.9 Å². The summed E-state index contributed by atoms with van der Waals surface area (Å²) in [6.07, 6.45) is 2.15. The summed E-state index contributed by atoms with van der Waals surface area (Å²) in [6, 6.07) is 0. The third kappa shape index (κ3) is 3.19. The number of anilines is 1. The van der Waals surface area contributed by atoms with Crippen LogP contribution in [0.25, 0.3) is 0 Å². The zero-order chi connectivity index (χ0) is 11.4. The molecule has 5 heteroatoms. The van der Waals surface area contributed by atoms with Crippen molar-refractivity contribution in [3.05, 3.63) is 17.5 Å². The summed E-state index contributed by atoms with van der Waals surface area (Å²) in [6.45, 7) is 3.98. The number of hydrogen-bond donors (Lipinski definition) is 2. The Bertz CT molecular complexity index is 364. The van der Waals surface area contributed by atoms with E-state index < -0.39 is 5.97 Å². The van der Waals surface area contributed by atoms with Gasteiger partial charge in [0.1, 0.15) is 0 Å². The molecule has 15 heavy (non-hydrogen) atoms. The Labute approximate surface area is 88.4 Å². The molecule has 0 amide bonds. The van der Waals surface area contributed by atoms with Crippen molar-refractivity contribution in [2.75, 3.05) is 5.73 Å². The maximum Gasteiger partial charge on any atom is 0.303 e. The topological polar surface area (TPSA) is 89.1 Å². The normalized spacial score (nSPS) is 10.6. The number of aromatic nitrogens is 2. The highest BCUT2D eigenvalue weighted by Crippen LogP contribution is 2.18. The zero-order valence-corrected chi connectivity index (χ0v) is 8.90. The summed E-state index contributed by atoms with van der Waals surface area (Å²) in [4.78, 5) is 18.5. The van der Waals surface area contributed by atoms with Gasteiger partial charge in [-0.15, -0.1) is 0 Å². The number of rotatable bonds is 4. The van der Waals surface area contributed by atoms with Crippen molar-refractivity contribution in [2.45, 2.75) is 32.6 Å². The van der Waals surface area contributed by atoms with Gasteiger partial charge in [0.2, 0.25) is 5.95 Å². The fourth-order valence-electron chi connectivity index (χ4n) is 1.37. The molecular formula is C10H15N3O2. The van der Waals surface area contributed by atoms with Crippen molar-refractivity contribution < 1.29 is 9.90 Å². The van der Waals surface area contributed by atoms with Crippen molar-refractivity contribution in [3.63, 3.8) is 0 Å². The van der Waals surface area contributed by atoms with Gasteiger partial charge in [0.15, 0.2) is 0 Å². The van der Waals surface area contributed by atoms with Gasteiger partial charge in [-0.05, 0) is 17.9 Å². The van der Waals surface area contributed by atoms with Crippen molar-refractivity contribution in [1.29, 1.82) is 0 Å². The molecule has 1 aromatic heterocycles. The lowest BCUT2D eigenvalue weighted by molar-refractivity contribution is -0.136. The van der Waals surface area contributed by atoms with Crippen LogP contribution in [0.15, 0.2) is 6.20 Å². The first-order valence-electron chi connectivity index (χ1n) is 4.83. The Hall–Kier alpha value is -1.65. The van der Waals surface area contributed by atoms with Crippen LogP contribution in [0.3, 0.4) is 0 Å². The van der Waals surface area contributed by atoms with E-state index in [1.54, 1.807) is 6.20 Å². The van der Waals surface area contributed by atoms with Crippen molar-refractivity contribution in [3.8, 4) is 0 Å². The van der Waals surface area contributed by atoms with Crippen LogP contribution >= 0.6 is 0 Å². The van der Waals surface area contributed by atoms with Gasteiger partial charge in [0.25, 0.3) is 0 Å². The number of carboxylic acid groups (broad SMARTS) is 1. The number of aryl methyl sites for hydroxylation is 1. The predicted molar refractivity (Wildman–Crippen MR) is 56.5 cm³/mol. The smallest absolute Gasteiger partial charge is 0.303 e. The number of nitrogens with zero attached hydrogens (tertiary/aromatic N) is 2. The number of hydrogen-bond acceptors (Lipinski definition) is 4. The lowest BCUT2D eigenvalue weighted by Crippen LogP contribution is -2.07. The van der Waals surface area contributed by atoms with Gasteiger partial charge in [0.05, 0.1) is 5.69 Å². The molecule has 0 spiro atoms. The summed E-state index contributed by atoms with van der Waals surface area (Å²) in [7, 11) is 0. The first-order chi connectivity index (χ1) is 7.00. The number of nitrogen functional groups attached to an aromatic ring is 1. The second kappa shape index (κ2) is 4.72. The molecule has 1 aromatic rings. The van der Waals surface area contributed by atoms with E-state index >= 15 is 0 Å². The minimum Gasteiger partial charge on any atom is -0.481 e. The Morgan fingerprint density at radius 3 is 2.80 bits per heavy atom. The van der Waals surface area contributed by atoms with E-state index in [1.807, 2.05) is 13.8 Å². The van der Waals surface area contributed by atoms with Crippen LogP contribution in [0.1, 0.15) is 37.4 Å². The molecule has 0 aliphatic rings. The quantitative estimate of drug-likeness (QED) is 0.777. The first kappa shape index (κ1) is 11.4. The van der Waals surface area contributed by atoms with Gasteiger partial charge in [-0.3, -0.25) is 4.79 Å². The molecule has 0 aliphatic heterocycles. The minimum absolute atomic E-state index is 0.0903. The number of carboxylic acids is 1. The predicted octanol–water partition coefficient (Wildman–Crippen LogP) is 1.20. The van der Waals surface area contributed by atoms with E-state index in [2.05, 4.69) is 9.97 Å². The molecule has 5 nitrogen and oxygen atoms in total. The van der Waals surface area contributed by atoms with E-state index in [0.29, 0.717) is 6.42 Å². The van der Waals surface area contributed by atoms with Crippen LogP contribution in [0, 0.1) is 0 Å². The van der Waals surface area contributed by atoms with E-state index in [1.165, 1.54) is 0 Å². The number of carbonyl (C=O) groups is 1. The maximum atomic E-state index is 10.5. The Morgan fingerprint density at radius 1 is 1.60 bits per heavy atom. The summed E-state index contributed by atoms with van der Waals surface area (Å²) in [5, 5.41) is 8.59. The molecule has 1 rings (SSSR count). The largest absolute Gasteiger partial charge is 0.481 e. The van der Waals surface area contributed by atoms with Crippen LogP contribution in [-0.4, -0.2) is 21.0 Å². The lowest BCUT2D eigenvalue weighted by atomic mass is 10.0. The molecule has 0 unspecified atom stereocenters. The molecule has 82 valence electrons. The highest BCUT2D eigenvalue weighted by Gasteiger charge is 2.10.